The number of rotatable bonds is 7. The fourth-order valence-electron chi connectivity index (χ4n) is 3.24. The van der Waals surface area contributed by atoms with Crippen molar-refractivity contribution in [1.82, 2.24) is 14.5 Å². The summed E-state index contributed by atoms with van der Waals surface area (Å²) in [5.74, 6) is 0.917. The molecule has 0 saturated heterocycles. The average Bonchev–Trinajstić information content (AvgIpc) is 3.10. The van der Waals surface area contributed by atoms with Crippen LogP contribution in [-0.4, -0.2) is 36.5 Å². The molecule has 1 aromatic heterocycles. The van der Waals surface area contributed by atoms with Crippen molar-refractivity contribution in [3.63, 3.8) is 0 Å². The van der Waals surface area contributed by atoms with Crippen LogP contribution in [0.1, 0.15) is 32.6 Å². The molecule has 2 aromatic rings. The summed E-state index contributed by atoms with van der Waals surface area (Å²) >= 11 is 0. The first-order valence-electron chi connectivity index (χ1n) is 9.01. The molecule has 3 rings (SSSR count). The van der Waals surface area contributed by atoms with Gasteiger partial charge in [-0.2, -0.15) is 5.10 Å². The number of benzene rings is 1. The number of aromatic nitrogens is 2. The van der Waals surface area contributed by atoms with Gasteiger partial charge in [-0.1, -0.05) is 12.1 Å². The minimum absolute atomic E-state index is 0.120. The van der Waals surface area contributed by atoms with Crippen LogP contribution in [0.3, 0.4) is 0 Å². The highest BCUT2D eigenvalue weighted by molar-refractivity contribution is 7.89. The third-order valence-corrected chi connectivity index (χ3v) is 6.23. The van der Waals surface area contributed by atoms with Crippen molar-refractivity contribution in [3.8, 4) is 5.69 Å². The van der Waals surface area contributed by atoms with Gasteiger partial charge in [0.25, 0.3) is 0 Å². The van der Waals surface area contributed by atoms with Gasteiger partial charge in [0.1, 0.15) is 17.3 Å². The van der Waals surface area contributed by atoms with Gasteiger partial charge in [0, 0.05) is 24.8 Å². The van der Waals surface area contributed by atoms with Gasteiger partial charge in [-0.05, 0) is 50.7 Å². The third-order valence-electron chi connectivity index (χ3n) is 4.86. The van der Waals surface area contributed by atoms with E-state index in [0.29, 0.717) is 24.2 Å². The first-order chi connectivity index (χ1) is 12.5. The van der Waals surface area contributed by atoms with E-state index in [-0.39, 0.29) is 11.6 Å². The Morgan fingerprint density at radius 2 is 1.92 bits per heavy atom. The summed E-state index contributed by atoms with van der Waals surface area (Å²) in [7, 11) is -3.12. The molecular weight excluding hydrogens is 355 g/mol. The predicted octanol–water partition coefficient (Wildman–Crippen LogP) is 2.92. The van der Waals surface area contributed by atoms with Crippen molar-refractivity contribution in [2.45, 2.75) is 38.6 Å². The van der Waals surface area contributed by atoms with E-state index in [0.717, 1.165) is 31.5 Å². The number of para-hydroxylation sites is 1. The molecule has 1 aliphatic carbocycles. The molecule has 1 fully saturated rings. The molecule has 0 atom stereocenters. The maximum absolute atomic E-state index is 13.8. The highest BCUT2D eigenvalue weighted by atomic mass is 32.2. The van der Waals surface area contributed by atoms with Gasteiger partial charge in [0.05, 0.1) is 5.75 Å². The molecule has 2 N–H and O–H groups in total. The number of sulfonamides is 1. The molecule has 1 aromatic carbocycles. The van der Waals surface area contributed by atoms with Crippen LogP contribution in [-0.2, 0) is 10.0 Å². The van der Waals surface area contributed by atoms with Crippen LogP contribution >= 0.6 is 0 Å². The summed E-state index contributed by atoms with van der Waals surface area (Å²) < 4.78 is 41.1. The van der Waals surface area contributed by atoms with Gasteiger partial charge in [0.2, 0.25) is 10.0 Å². The van der Waals surface area contributed by atoms with E-state index in [4.69, 9.17) is 0 Å². The minimum atomic E-state index is -3.12. The Bertz CT molecular complexity index is 829. The lowest BCUT2D eigenvalue weighted by atomic mass is 9.86. The summed E-state index contributed by atoms with van der Waals surface area (Å²) in [6.07, 6.45) is 5.61. The van der Waals surface area contributed by atoms with Crippen LogP contribution in [0.25, 0.3) is 5.69 Å². The van der Waals surface area contributed by atoms with Crippen LogP contribution < -0.4 is 10.0 Å². The van der Waals surface area contributed by atoms with Crippen LogP contribution in [0.5, 0.6) is 0 Å². The molecule has 0 radical (unpaired) electrons. The molecule has 0 unspecified atom stereocenters. The molecule has 6 nitrogen and oxygen atoms in total. The van der Waals surface area contributed by atoms with Gasteiger partial charge < -0.3 is 5.32 Å². The smallest absolute Gasteiger partial charge is 0.211 e. The lowest BCUT2D eigenvalue weighted by Gasteiger charge is -2.29. The Kier molecular flexibility index (Phi) is 5.93. The molecule has 26 heavy (non-hydrogen) atoms. The van der Waals surface area contributed by atoms with E-state index in [1.165, 1.54) is 10.7 Å². The van der Waals surface area contributed by atoms with Gasteiger partial charge in [-0.25, -0.2) is 22.2 Å². The molecular formula is C18H25FN4O2S. The summed E-state index contributed by atoms with van der Waals surface area (Å²) in [5.41, 5.74) is 0.424. The maximum atomic E-state index is 13.8. The SMILES string of the molecule is CCS(=O)(=O)NC[C@H]1CC[C@H](Nc2ccn(-c3ccccc3F)n2)CC1. The monoisotopic (exact) mass is 380 g/mol. The quantitative estimate of drug-likeness (QED) is 0.774. The topological polar surface area (TPSA) is 76.0 Å². The maximum Gasteiger partial charge on any atom is 0.211 e. The third kappa shape index (κ3) is 4.82. The largest absolute Gasteiger partial charge is 0.366 e. The first kappa shape index (κ1) is 18.8. The zero-order chi connectivity index (χ0) is 18.6. The second-order valence-electron chi connectivity index (χ2n) is 6.71. The van der Waals surface area contributed by atoms with E-state index in [9.17, 15) is 12.8 Å². The first-order valence-corrected chi connectivity index (χ1v) is 10.7. The summed E-state index contributed by atoms with van der Waals surface area (Å²) in [4.78, 5) is 0. The average molecular weight is 380 g/mol. The molecule has 0 bridgehead atoms. The Morgan fingerprint density at radius 3 is 2.62 bits per heavy atom. The van der Waals surface area contributed by atoms with Crippen LogP contribution in [0.15, 0.2) is 36.5 Å². The summed E-state index contributed by atoms with van der Waals surface area (Å²) in [5, 5.41) is 7.81. The van der Waals surface area contributed by atoms with Gasteiger partial charge in [0.15, 0.2) is 0 Å². The molecule has 1 aliphatic rings. The molecule has 0 aliphatic heterocycles. The lowest BCUT2D eigenvalue weighted by molar-refractivity contribution is 0.337. The van der Waals surface area contributed by atoms with Crippen molar-refractivity contribution < 1.29 is 12.8 Å². The Labute approximate surface area is 153 Å². The fourth-order valence-corrected chi connectivity index (χ4v) is 3.93. The number of nitrogens with one attached hydrogen (secondary N) is 2. The summed E-state index contributed by atoms with van der Waals surface area (Å²) in [6, 6.07) is 8.68. The summed E-state index contributed by atoms with van der Waals surface area (Å²) in [6.45, 7) is 2.16. The van der Waals surface area contributed by atoms with Crippen molar-refractivity contribution in [2.24, 2.45) is 5.92 Å². The molecule has 8 heteroatoms. The van der Waals surface area contributed by atoms with Crippen LogP contribution in [0.4, 0.5) is 10.2 Å². The number of anilines is 1. The number of hydrogen-bond acceptors (Lipinski definition) is 4. The van der Waals surface area contributed by atoms with Gasteiger partial charge in [-0.3, -0.25) is 0 Å². The second-order valence-corrected chi connectivity index (χ2v) is 8.81. The van der Waals surface area contributed by atoms with E-state index in [1.807, 2.05) is 6.07 Å². The Hall–Kier alpha value is -1.93. The van der Waals surface area contributed by atoms with E-state index >= 15 is 0 Å². The van der Waals surface area contributed by atoms with E-state index in [2.05, 4.69) is 15.1 Å². The molecule has 0 spiro atoms. The molecule has 0 amide bonds. The van der Waals surface area contributed by atoms with E-state index < -0.39 is 10.0 Å². The Balaban J connectivity index is 1.50. The minimum Gasteiger partial charge on any atom is -0.366 e. The van der Waals surface area contributed by atoms with Gasteiger partial charge >= 0.3 is 0 Å². The number of halogens is 1. The molecule has 1 saturated carbocycles. The zero-order valence-corrected chi connectivity index (χ0v) is 15.7. The highest BCUT2D eigenvalue weighted by Crippen LogP contribution is 2.26. The molecule has 142 valence electrons. The van der Waals surface area contributed by atoms with E-state index in [1.54, 1.807) is 31.3 Å². The normalized spacial score (nSPS) is 20.8. The predicted molar refractivity (Wildman–Crippen MR) is 100 cm³/mol. The van der Waals surface area contributed by atoms with Crippen molar-refractivity contribution >= 4 is 15.8 Å². The lowest BCUT2D eigenvalue weighted by Crippen LogP contribution is -2.34. The van der Waals surface area contributed by atoms with Gasteiger partial charge in [-0.15, -0.1) is 0 Å². The van der Waals surface area contributed by atoms with Crippen molar-refractivity contribution in [2.75, 3.05) is 17.6 Å². The van der Waals surface area contributed by atoms with Crippen LogP contribution in [0.2, 0.25) is 0 Å². The van der Waals surface area contributed by atoms with Crippen molar-refractivity contribution in [1.29, 1.82) is 0 Å². The Morgan fingerprint density at radius 1 is 1.19 bits per heavy atom. The fraction of sp³-hybridized carbons (Fsp3) is 0.500. The van der Waals surface area contributed by atoms with Crippen molar-refractivity contribution in [3.05, 3.63) is 42.3 Å². The zero-order valence-electron chi connectivity index (χ0n) is 14.9. The number of nitrogens with zero attached hydrogens (tertiary/aromatic N) is 2. The number of hydrogen-bond donors (Lipinski definition) is 2. The molecule has 1 heterocycles. The van der Waals surface area contributed by atoms with Crippen LogP contribution in [0, 0.1) is 11.7 Å². The highest BCUT2D eigenvalue weighted by Gasteiger charge is 2.22. The second kappa shape index (κ2) is 8.18. The standard InChI is InChI=1S/C18H25FN4O2S/c1-2-26(24,25)20-13-14-7-9-15(10-8-14)21-18-11-12-23(22-18)17-6-4-3-5-16(17)19/h3-6,11-12,14-15,20H,2,7-10,13H2,1H3,(H,21,22)/t14-,15-.